The molecule has 0 saturated carbocycles. The number of ether oxygens (including phenoxy) is 1. The van der Waals surface area contributed by atoms with E-state index in [1.54, 1.807) is 35.9 Å². The van der Waals surface area contributed by atoms with Crippen molar-refractivity contribution in [2.75, 3.05) is 6.61 Å². The van der Waals surface area contributed by atoms with Crippen LogP contribution in [0, 0.1) is 0 Å². The molecule has 1 heterocycles. The Hall–Kier alpha value is -4.61. The van der Waals surface area contributed by atoms with Gasteiger partial charge in [0.1, 0.15) is 0 Å². The van der Waals surface area contributed by atoms with Crippen molar-refractivity contribution in [3.05, 3.63) is 127 Å². The molecule has 0 atom stereocenters. The van der Waals surface area contributed by atoms with Gasteiger partial charge in [-0.1, -0.05) is 96.2 Å². The molecule has 7 nitrogen and oxygen atoms in total. The first-order valence-corrected chi connectivity index (χ1v) is 14.3. The van der Waals surface area contributed by atoms with E-state index in [9.17, 15) is 9.59 Å². The van der Waals surface area contributed by atoms with Gasteiger partial charge in [0.2, 0.25) is 5.69 Å². The fraction of sp³-hybridized carbons (Fsp3) is 0.0968. The summed E-state index contributed by atoms with van der Waals surface area (Å²) in [5.74, 6) is -0.358. The Morgan fingerprint density at radius 1 is 0.769 bits per heavy atom. The number of benzene rings is 4. The van der Waals surface area contributed by atoms with Gasteiger partial charge in [-0.25, -0.2) is 9.54 Å². The summed E-state index contributed by atoms with van der Waals surface area (Å²) in [4.78, 5) is 25.0. The van der Waals surface area contributed by atoms with Gasteiger partial charge >= 0.3 is 5.97 Å². The van der Waals surface area contributed by atoms with Gasteiger partial charge in [0.15, 0.2) is 11.6 Å². The first kappa shape index (κ1) is 26.0. The molecule has 0 radical (unpaired) electrons. The van der Waals surface area contributed by atoms with Gasteiger partial charge in [0.25, 0.3) is 0 Å². The Morgan fingerprint density at radius 3 is 1.69 bits per heavy atom. The van der Waals surface area contributed by atoms with Crippen molar-refractivity contribution in [3.63, 3.8) is 0 Å². The second-order valence-electron chi connectivity index (χ2n) is 8.74. The molecule has 0 aliphatic rings. The van der Waals surface area contributed by atoms with Crippen LogP contribution in [-0.2, 0) is 4.74 Å². The summed E-state index contributed by atoms with van der Waals surface area (Å²) in [5, 5.41) is 11.6. The third-order valence-corrected chi connectivity index (χ3v) is 9.89. The number of nitrogens with zero attached hydrogens (tertiary/aromatic N) is 4. The molecule has 194 valence electrons. The van der Waals surface area contributed by atoms with Crippen molar-refractivity contribution >= 4 is 40.5 Å². The number of rotatable bonds is 8. The van der Waals surface area contributed by atoms with Crippen LogP contribution in [0.25, 0.3) is 5.69 Å². The number of esters is 1. The van der Waals surface area contributed by atoms with Crippen LogP contribution in [-0.4, -0.2) is 33.4 Å². The van der Waals surface area contributed by atoms with Crippen molar-refractivity contribution in [2.45, 2.75) is 13.8 Å². The summed E-state index contributed by atoms with van der Waals surface area (Å²) in [5.41, 5.74) is 1.22. The zero-order valence-electron chi connectivity index (χ0n) is 21.6. The lowest BCUT2D eigenvalue weighted by molar-refractivity contribution is 0.0520. The first-order chi connectivity index (χ1) is 19.0. The summed E-state index contributed by atoms with van der Waals surface area (Å²) < 4.78 is 12.4. The predicted octanol–water partition coefficient (Wildman–Crippen LogP) is 5.46. The summed E-state index contributed by atoms with van der Waals surface area (Å²) >= 11 is 0. The van der Waals surface area contributed by atoms with Gasteiger partial charge < -0.3 is 4.74 Å². The number of hydrogen-bond donors (Lipinski definition) is 0. The van der Waals surface area contributed by atoms with E-state index in [-0.39, 0.29) is 23.9 Å². The number of carbonyl (C=O) groups excluding carboxylic acids is 2. The Bertz CT molecular complexity index is 1550. The van der Waals surface area contributed by atoms with E-state index in [4.69, 9.17) is 9.48 Å². The molecule has 0 spiro atoms. The van der Waals surface area contributed by atoms with Crippen LogP contribution in [0.1, 0.15) is 34.7 Å². The molecule has 0 N–H and O–H groups in total. The number of aromatic nitrogens is 3. The molecule has 5 aromatic rings. The van der Waals surface area contributed by atoms with Gasteiger partial charge in [-0.2, -0.15) is 4.68 Å². The molecule has 5 rings (SSSR count). The van der Waals surface area contributed by atoms with Crippen LogP contribution in [0.5, 0.6) is 0 Å². The maximum Gasteiger partial charge on any atom is 0.362 e. The zero-order chi connectivity index (χ0) is 27.2. The summed E-state index contributed by atoms with van der Waals surface area (Å²) in [7, 11) is -2.74. The molecule has 8 heteroatoms. The van der Waals surface area contributed by atoms with E-state index < -0.39 is 13.0 Å². The van der Waals surface area contributed by atoms with Gasteiger partial charge in [-0.15, -0.1) is 5.10 Å². The molecule has 0 amide bonds. The fourth-order valence-corrected chi connectivity index (χ4v) is 7.92. The zero-order valence-corrected chi connectivity index (χ0v) is 22.5. The molecule has 0 saturated heterocycles. The van der Waals surface area contributed by atoms with E-state index in [1.807, 2.05) is 54.6 Å². The monoisotopic (exact) mass is 534 g/mol. The van der Waals surface area contributed by atoms with Crippen LogP contribution < -0.4 is 15.9 Å². The lowest BCUT2D eigenvalue weighted by Gasteiger charge is -2.27. The number of Topliss-reactive ketones (excluding diaryl/α,β-unsaturated/α-hetero) is 1. The predicted molar refractivity (Wildman–Crippen MR) is 155 cm³/mol. The summed E-state index contributed by atoms with van der Waals surface area (Å²) in [6, 6.07) is 37.3. The van der Waals surface area contributed by atoms with Gasteiger partial charge in [-0.05, 0) is 38.1 Å². The van der Waals surface area contributed by atoms with Crippen molar-refractivity contribution < 1.29 is 14.3 Å². The molecule has 0 fully saturated rings. The van der Waals surface area contributed by atoms with E-state index in [2.05, 4.69) is 46.7 Å². The molecule has 0 bridgehead atoms. The molecule has 0 aliphatic carbocycles. The van der Waals surface area contributed by atoms with E-state index in [0.29, 0.717) is 11.3 Å². The Morgan fingerprint density at radius 2 is 1.26 bits per heavy atom. The smallest absolute Gasteiger partial charge is 0.362 e. The summed E-state index contributed by atoms with van der Waals surface area (Å²) in [6.07, 6.45) is 0. The molecule has 1 aromatic heterocycles. The molecular formula is C31H27N4O3P. The maximum absolute atomic E-state index is 13.1. The standard InChI is InChI=1S/C31H27N4O3P/c1-3-38-31(37)29-30(35(34-32-29)25-21-19-24(20-22-25)23(2)36)33-39(26-13-7-4-8-14-26,27-15-9-5-10-16-27)28-17-11-6-12-18-28/h4-22H,3H2,1-2H3. The van der Waals surface area contributed by atoms with E-state index >= 15 is 0 Å². The normalized spacial score (nSPS) is 11.1. The van der Waals surface area contributed by atoms with Crippen LogP contribution in [0.3, 0.4) is 0 Å². The SMILES string of the molecule is CCOC(=O)c1nnn(-c2ccc(C(C)=O)cc2)c1N=P(c1ccccc1)(c1ccccc1)c1ccccc1. The summed E-state index contributed by atoms with van der Waals surface area (Å²) in [6.45, 7) is 3.45. The largest absolute Gasteiger partial charge is 0.461 e. The average Bonchev–Trinajstić information content (AvgIpc) is 3.41. The second-order valence-corrected chi connectivity index (χ2v) is 11.8. The topological polar surface area (TPSA) is 86.4 Å². The molecular weight excluding hydrogens is 507 g/mol. The van der Waals surface area contributed by atoms with E-state index in [0.717, 1.165) is 15.9 Å². The minimum absolute atomic E-state index is 0.0275. The van der Waals surface area contributed by atoms with Crippen molar-refractivity contribution in [3.8, 4) is 5.69 Å². The maximum atomic E-state index is 13.1. The highest BCUT2D eigenvalue weighted by Crippen LogP contribution is 2.49. The highest BCUT2D eigenvalue weighted by atomic mass is 31.2. The fourth-order valence-electron chi connectivity index (χ4n) is 4.40. The van der Waals surface area contributed by atoms with Crippen LogP contribution in [0.15, 0.2) is 120 Å². The highest BCUT2D eigenvalue weighted by molar-refractivity contribution is 7.87. The van der Waals surface area contributed by atoms with Gasteiger partial charge in [0, 0.05) is 21.5 Å². The number of hydrogen-bond acceptors (Lipinski definition) is 6. The van der Waals surface area contributed by atoms with Crippen LogP contribution in [0.2, 0.25) is 0 Å². The molecule has 0 unspecified atom stereocenters. The third-order valence-electron chi connectivity index (χ3n) is 6.27. The van der Waals surface area contributed by atoms with E-state index in [1.165, 1.54) is 6.92 Å². The Labute approximate surface area is 227 Å². The minimum Gasteiger partial charge on any atom is -0.461 e. The molecule has 39 heavy (non-hydrogen) atoms. The highest BCUT2D eigenvalue weighted by Gasteiger charge is 2.31. The van der Waals surface area contributed by atoms with Crippen molar-refractivity contribution in [1.82, 2.24) is 15.0 Å². The average molecular weight is 535 g/mol. The molecule has 4 aromatic carbocycles. The van der Waals surface area contributed by atoms with Crippen LogP contribution >= 0.6 is 7.05 Å². The Balaban J connectivity index is 1.89. The van der Waals surface area contributed by atoms with Crippen molar-refractivity contribution in [2.24, 2.45) is 4.74 Å². The second kappa shape index (κ2) is 11.4. The lowest BCUT2D eigenvalue weighted by Crippen LogP contribution is -2.25. The number of ketones is 1. The first-order valence-electron chi connectivity index (χ1n) is 12.6. The van der Waals surface area contributed by atoms with Gasteiger partial charge in [0.05, 0.1) is 19.3 Å². The van der Waals surface area contributed by atoms with Gasteiger partial charge in [-0.3, -0.25) is 4.79 Å². The number of carbonyl (C=O) groups is 2. The minimum atomic E-state index is -2.74. The quantitative estimate of drug-likeness (QED) is 0.150. The lowest BCUT2D eigenvalue weighted by atomic mass is 10.1. The van der Waals surface area contributed by atoms with Crippen molar-refractivity contribution in [1.29, 1.82) is 0 Å². The third kappa shape index (κ3) is 5.09. The molecule has 0 aliphatic heterocycles. The van der Waals surface area contributed by atoms with Crippen LogP contribution in [0.4, 0.5) is 5.82 Å². The Kier molecular flexibility index (Phi) is 7.62.